The first kappa shape index (κ1) is 17.1. The van der Waals surface area contributed by atoms with E-state index in [-0.39, 0.29) is 11.6 Å². The van der Waals surface area contributed by atoms with Crippen molar-refractivity contribution in [1.29, 1.82) is 0 Å². The van der Waals surface area contributed by atoms with Crippen molar-refractivity contribution in [2.75, 3.05) is 12.4 Å². The molecular weight excluding hydrogens is 360 g/mol. The number of hydrogen-bond acceptors (Lipinski definition) is 6. The fourth-order valence-electron chi connectivity index (χ4n) is 2.64. The number of nitrogens with zero attached hydrogens (tertiary/aromatic N) is 2. The summed E-state index contributed by atoms with van der Waals surface area (Å²) in [5, 5.41) is 2.46. The number of nitrogens with one attached hydrogen (secondary N) is 1. The number of carbonyl (C=O) groups is 2. The number of amides is 1. The summed E-state index contributed by atoms with van der Waals surface area (Å²) < 4.78 is 36.2. The van der Waals surface area contributed by atoms with Gasteiger partial charge in [0.2, 0.25) is 11.8 Å². The fraction of sp³-hybridized carbons (Fsp3) is 0.222. The molecule has 0 bridgehead atoms. The van der Waals surface area contributed by atoms with Gasteiger partial charge in [0.25, 0.3) is 5.92 Å². The van der Waals surface area contributed by atoms with Gasteiger partial charge in [-0.3, -0.25) is 4.79 Å². The highest BCUT2D eigenvalue weighted by molar-refractivity contribution is 5.96. The summed E-state index contributed by atoms with van der Waals surface area (Å²) in [6.07, 6.45) is 0.998. The molecule has 1 amide bonds. The van der Waals surface area contributed by atoms with Crippen LogP contribution in [0, 0.1) is 5.92 Å². The Morgan fingerprint density at radius 2 is 2.07 bits per heavy atom. The van der Waals surface area contributed by atoms with Gasteiger partial charge in [0.1, 0.15) is 17.1 Å². The molecule has 3 aromatic rings. The van der Waals surface area contributed by atoms with Crippen LogP contribution in [0.2, 0.25) is 0 Å². The predicted octanol–water partition coefficient (Wildman–Crippen LogP) is 3.27. The minimum absolute atomic E-state index is 0.107. The van der Waals surface area contributed by atoms with E-state index in [0.29, 0.717) is 22.4 Å². The van der Waals surface area contributed by atoms with Gasteiger partial charge in [-0.05, 0) is 30.3 Å². The molecule has 1 aromatic carbocycles. The van der Waals surface area contributed by atoms with E-state index in [1.165, 1.54) is 25.4 Å². The highest BCUT2D eigenvalue weighted by atomic mass is 19.3. The molecule has 4 rings (SSSR count). The first-order valence-electron chi connectivity index (χ1n) is 8.01. The molecule has 0 radical (unpaired) electrons. The Labute approximate surface area is 151 Å². The number of esters is 1. The summed E-state index contributed by atoms with van der Waals surface area (Å²) >= 11 is 0. The van der Waals surface area contributed by atoms with Gasteiger partial charge in [-0.1, -0.05) is 0 Å². The van der Waals surface area contributed by atoms with Gasteiger partial charge in [-0.15, -0.1) is 0 Å². The maximum absolute atomic E-state index is 13.0. The van der Waals surface area contributed by atoms with Crippen molar-refractivity contribution < 1.29 is 27.5 Å². The third-order valence-electron chi connectivity index (χ3n) is 4.20. The summed E-state index contributed by atoms with van der Waals surface area (Å²) in [5.41, 5.74) is 1.85. The number of oxazole rings is 1. The zero-order valence-corrected chi connectivity index (χ0v) is 14.0. The van der Waals surface area contributed by atoms with E-state index < -0.39 is 30.1 Å². The Hall–Kier alpha value is -3.36. The van der Waals surface area contributed by atoms with Crippen LogP contribution >= 0.6 is 0 Å². The molecule has 1 fully saturated rings. The monoisotopic (exact) mass is 373 g/mol. The normalized spacial score (nSPS) is 17.5. The number of hydrogen-bond donors (Lipinski definition) is 1. The number of benzene rings is 1. The highest BCUT2D eigenvalue weighted by Gasteiger charge is 2.61. The van der Waals surface area contributed by atoms with Crippen LogP contribution < -0.4 is 5.32 Å². The topological polar surface area (TPSA) is 94.3 Å². The Morgan fingerprint density at radius 3 is 2.78 bits per heavy atom. The van der Waals surface area contributed by atoms with Crippen molar-refractivity contribution in [2.45, 2.75) is 12.3 Å². The van der Waals surface area contributed by atoms with Crippen LogP contribution in [0.3, 0.4) is 0 Å². The number of halogens is 2. The van der Waals surface area contributed by atoms with Crippen LogP contribution in [0.25, 0.3) is 22.6 Å². The summed E-state index contributed by atoms with van der Waals surface area (Å²) in [7, 11) is 1.25. The Balaban J connectivity index is 1.60. The quantitative estimate of drug-likeness (QED) is 0.706. The number of anilines is 1. The first-order chi connectivity index (χ1) is 12.9. The minimum Gasteiger partial charge on any atom is -0.464 e. The van der Waals surface area contributed by atoms with E-state index in [9.17, 15) is 18.4 Å². The number of aromatic nitrogens is 2. The van der Waals surface area contributed by atoms with E-state index in [0.717, 1.165) is 0 Å². The molecule has 2 aromatic heterocycles. The van der Waals surface area contributed by atoms with Crippen LogP contribution in [0.4, 0.5) is 14.5 Å². The van der Waals surface area contributed by atoms with Gasteiger partial charge in [0.15, 0.2) is 5.58 Å². The largest absolute Gasteiger partial charge is 0.464 e. The van der Waals surface area contributed by atoms with Crippen LogP contribution in [-0.2, 0) is 9.53 Å². The lowest BCUT2D eigenvalue weighted by atomic mass is 10.2. The van der Waals surface area contributed by atoms with E-state index in [1.54, 1.807) is 18.2 Å². The molecule has 1 N–H and O–H groups in total. The average molecular weight is 373 g/mol. The summed E-state index contributed by atoms with van der Waals surface area (Å²) in [4.78, 5) is 31.6. The third-order valence-corrected chi connectivity index (χ3v) is 4.20. The summed E-state index contributed by atoms with van der Waals surface area (Å²) in [5.74, 6) is -5.27. The van der Waals surface area contributed by atoms with E-state index in [4.69, 9.17) is 4.42 Å². The molecular formula is C18H13F2N3O4. The van der Waals surface area contributed by atoms with Gasteiger partial charge in [-0.25, -0.2) is 23.5 Å². The molecule has 1 atom stereocenters. The van der Waals surface area contributed by atoms with Crippen molar-refractivity contribution in [2.24, 2.45) is 5.92 Å². The zero-order valence-electron chi connectivity index (χ0n) is 14.0. The van der Waals surface area contributed by atoms with Crippen LogP contribution in [0.1, 0.15) is 16.9 Å². The average Bonchev–Trinajstić information content (AvgIpc) is 3.11. The number of pyridine rings is 1. The lowest BCUT2D eigenvalue weighted by molar-refractivity contribution is -0.119. The molecule has 2 heterocycles. The van der Waals surface area contributed by atoms with Gasteiger partial charge < -0.3 is 14.5 Å². The highest BCUT2D eigenvalue weighted by Crippen LogP contribution is 2.49. The van der Waals surface area contributed by atoms with Crippen molar-refractivity contribution in [1.82, 2.24) is 9.97 Å². The Bertz CT molecular complexity index is 1060. The molecule has 1 aliphatic rings. The summed E-state index contributed by atoms with van der Waals surface area (Å²) in [6, 6.07) is 7.75. The molecule has 0 spiro atoms. The van der Waals surface area contributed by atoms with Gasteiger partial charge in [-0.2, -0.15) is 0 Å². The number of ether oxygens (including phenoxy) is 1. The molecule has 1 aliphatic carbocycles. The second-order valence-electron chi connectivity index (χ2n) is 6.13. The minimum atomic E-state index is -2.92. The van der Waals surface area contributed by atoms with E-state index in [1.807, 2.05) is 0 Å². The van der Waals surface area contributed by atoms with Crippen LogP contribution in [0.15, 0.2) is 40.9 Å². The number of alkyl halides is 2. The van der Waals surface area contributed by atoms with Crippen LogP contribution in [0.5, 0.6) is 0 Å². The zero-order chi connectivity index (χ0) is 19.2. The maximum atomic E-state index is 13.0. The second-order valence-corrected chi connectivity index (χ2v) is 6.13. The van der Waals surface area contributed by atoms with Crippen molar-refractivity contribution in [3.63, 3.8) is 0 Å². The molecule has 138 valence electrons. The maximum Gasteiger partial charge on any atom is 0.356 e. The van der Waals surface area contributed by atoms with Crippen molar-refractivity contribution in [3.8, 4) is 11.5 Å². The summed E-state index contributed by atoms with van der Waals surface area (Å²) in [6.45, 7) is 0. The smallest absolute Gasteiger partial charge is 0.356 e. The second kappa shape index (κ2) is 6.11. The molecule has 27 heavy (non-hydrogen) atoms. The lowest BCUT2D eigenvalue weighted by Crippen LogP contribution is -2.17. The molecule has 1 unspecified atom stereocenters. The number of carbonyl (C=O) groups excluding carboxylic acids is 2. The standard InChI is InChI=1S/C18H13F2N3O4/c1-26-17(25)13-6-9(4-5-21-13)16-23-12-7-10(2-3-14(12)27-16)22-15(24)11-8-18(11,19)20/h2-7,11H,8H2,1H3,(H,22,24). The first-order valence-corrected chi connectivity index (χ1v) is 8.01. The number of methoxy groups -OCH3 is 1. The number of rotatable bonds is 4. The Kier molecular flexibility index (Phi) is 3.87. The molecule has 7 nitrogen and oxygen atoms in total. The molecule has 0 aliphatic heterocycles. The SMILES string of the molecule is COC(=O)c1cc(-c2nc3cc(NC(=O)C4CC4(F)F)ccc3o2)ccn1. The van der Waals surface area contributed by atoms with Gasteiger partial charge >= 0.3 is 5.97 Å². The van der Waals surface area contributed by atoms with E-state index in [2.05, 4.69) is 20.0 Å². The third kappa shape index (κ3) is 3.23. The lowest BCUT2D eigenvalue weighted by Gasteiger charge is -2.03. The van der Waals surface area contributed by atoms with Gasteiger partial charge in [0, 0.05) is 23.9 Å². The fourth-order valence-corrected chi connectivity index (χ4v) is 2.64. The molecule has 1 saturated carbocycles. The predicted molar refractivity (Wildman–Crippen MR) is 90.3 cm³/mol. The number of fused-ring (bicyclic) bond motifs is 1. The molecule has 0 saturated heterocycles. The van der Waals surface area contributed by atoms with Crippen LogP contribution in [-0.4, -0.2) is 34.9 Å². The molecule has 9 heteroatoms. The van der Waals surface area contributed by atoms with E-state index >= 15 is 0 Å². The van der Waals surface area contributed by atoms with Crippen molar-refractivity contribution in [3.05, 3.63) is 42.2 Å². The van der Waals surface area contributed by atoms with Gasteiger partial charge in [0.05, 0.1) is 7.11 Å². The van der Waals surface area contributed by atoms with Crippen molar-refractivity contribution >= 4 is 28.7 Å². The Morgan fingerprint density at radius 1 is 1.30 bits per heavy atom.